The van der Waals surface area contributed by atoms with E-state index in [9.17, 15) is 9.59 Å². The van der Waals surface area contributed by atoms with Crippen LogP contribution in [-0.2, 0) is 11.3 Å². The number of hydrogen-bond acceptors (Lipinski definition) is 4. The van der Waals surface area contributed by atoms with E-state index in [1.54, 1.807) is 0 Å². The molecule has 1 N–H and O–H groups in total. The minimum absolute atomic E-state index is 0.0273. The van der Waals surface area contributed by atoms with Crippen molar-refractivity contribution in [3.63, 3.8) is 0 Å². The van der Waals surface area contributed by atoms with Crippen molar-refractivity contribution < 1.29 is 9.59 Å². The molecular weight excluding hydrogens is 364 g/mol. The quantitative estimate of drug-likeness (QED) is 0.768. The van der Waals surface area contributed by atoms with Crippen molar-refractivity contribution in [2.45, 2.75) is 69.9 Å². The van der Waals surface area contributed by atoms with Crippen molar-refractivity contribution in [1.29, 1.82) is 0 Å². The van der Waals surface area contributed by atoms with Gasteiger partial charge < -0.3 is 10.2 Å². The topological polar surface area (TPSA) is 55.9 Å². The van der Waals surface area contributed by atoms with Crippen LogP contribution in [0.1, 0.15) is 63.4 Å². The van der Waals surface area contributed by atoms with E-state index >= 15 is 0 Å². The van der Waals surface area contributed by atoms with Gasteiger partial charge in [-0.25, -0.2) is 9.69 Å². The first kappa shape index (κ1) is 20.2. The molecule has 0 unspecified atom stereocenters. The fourth-order valence-corrected chi connectivity index (χ4v) is 5.15. The smallest absolute Gasteiger partial charge is 0.326 e. The predicted molar refractivity (Wildman–Crippen MR) is 115 cm³/mol. The molecule has 3 amide bonds. The molecule has 1 spiro atoms. The fraction of sp³-hybridized carbons (Fsp3) is 0.652. The standard InChI is InChI=1S/C23H34N4O2/c1-25(17-19-11-5-6-12-20(19)26-15-9-4-10-16-26)18-27-21(28)23(24-22(27)29)13-7-2-3-8-14-23/h5-6,11-12H,2-4,7-10,13-18H2,1H3,(H,24,29). The Morgan fingerprint density at radius 3 is 2.34 bits per heavy atom. The lowest BCUT2D eigenvalue weighted by Gasteiger charge is -2.32. The second kappa shape index (κ2) is 8.74. The van der Waals surface area contributed by atoms with Crippen molar-refractivity contribution in [3.05, 3.63) is 29.8 Å². The number of anilines is 1. The van der Waals surface area contributed by atoms with E-state index in [2.05, 4.69) is 39.4 Å². The first-order valence-electron chi connectivity index (χ1n) is 11.2. The molecule has 158 valence electrons. The van der Waals surface area contributed by atoms with Gasteiger partial charge in [0.05, 0.1) is 6.67 Å². The summed E-state index contributed by atoms with van der Waals surface area (Å²) in [6.07, 6.45) is 9.68. The van der Waals surface area contributed by atoms with Gasteiger partial charge in [0.1, 0.15) is 5.54 Å². The van der Waals surface area contributed by atoms with E-state index in [1.165, 1.54) is 35.4 Å². The molecule has 2 saturated heterocycles. The summed E-state index contributed by atoms with van der Waals surface area (Å²) in [4.78, 5) is 31.8. The van der Waals surface area contributed by atoms with Gasteiger partial charge in [-0.15, -0.1) is 0 Å². The average Bonchev–Trinajstić information content (AvgIpc) is 2.89. The van der Waals surface area contributed by atoms with Crippen LogP contribution < -0.4 is 10.2 Å². The number of nitrogens with zero attached hydrogens (tertiary/aromatic N) is 3. The highest BCUT2D eigenvalue weighted by Crippen LogP contribution is 2.33. The minimum Gasteiger partial charge on any atom is -0.371 e. The maximum atomic E-state index is 13.2. The van der Waals surface area contributed by atoms with Gasteiger partial charge in [-0.1, -0.05) is 43.9 Å². The van der Waals surface area contributed by atoms with Gasteiger partial charge in [0.25, 0.3) is 5.91 Å². The molecule has 0 radical (unpaired) electrons. The zero-order valence-electron chi connectivity index (χ0n) is 17.7. The summed E-state index contributed by atoms with van der Waals surface area (Å²) < 4.78 is 0. The van der Waals surface area contributed by atoms with E-state index in [0.717, 1.165) is 58.2 Å². The molecule has 0 aromatic heterocycles. The zero-order valence-corrected chi connectivity index (χ0v) is 17.7. The fourth-order valence-electron chi connectivity index (χ4n) is 5.15. The van der Waals surface area contributed by atoms with Crippen LogP contribution in [0, 0.1) is 0 Å². The third-order valence-electron chi connectivity index (χ3n) is 6.71. The Morgan fingerprint density at radius 2 is 1.62 bits per heavy atom. The molecule has 4 rings (SSSR count). The molecule has 1 aliphatic carbocycles. The average molecular weight is 399 g/mol. The number of para-hydroxylation sites is 1. The van der Waals surface area contributed by atoms with Gasteiger partial charge in [0.2, 0.25) is 0 Å². The van der Waals surface area contributed by atoms with Crippen LogP contribution >= 0.6 is 0 Å². The molecule has 6 nitrogen and oxygen atoms in total. The molecule has 1 saturated carbocycles. The molecule has 3 fully saturated rings. The summed E-state index contributed by atoms with van der Waals surface area (Å²) in [6, 6.07) is 8.31. The highest BCUT2D eigenvalue weighted by molar-refractivity contribution is 6.07. The van der Waals surface area contributed by atoms with Crippen molar-refractivity contribution in [3.8, 4) is 0 Å². The highest BCUT2D eigenvalue weighted by atomic mass is 16.2. The minimum atomic E-state index is -0.653. The van der Waals surface area contributed by atoms with Gasteiger partial charge in [0, 0.05) is 25.3 Å². The van der Waals surface area contributed by atoms with E-state index in [-0.39, 0.29) is 11.9 Å². The summed E-state index contributed by atoms with van der Waals surface area (Å²) in [7, 11) is 1.99. The number of amides is 3. The first-order chi connectivity index (χ1) is 14.1. The monoisotopic (exact) mass is 398 g/mol. The summed E-state index contributed by atoms with van der Waals surface area (Å²) in [5, 5.41) is 3.04. The summed E-state index contributed by atoms with van der Waals surface area (Å²) in [6.45, 7) is 3.27. The van der Waals surface area contributed by atoms with Crippen molar-refractivity contribution in [2.24, 2.45) is 0 Å². The third-order valence-corrected chi connectivity index (χ3v) is 6.71. The number of benzene rings is 1. The van der Waals surface area contributed by atoms with Crippen LogP contribution in [0.25, 0.3) is 0 Å². The molecule has 0 bridgehead atoms. The van der Waals surface area contributed by atoms with E-state index in [0.29, 0.717) is 6.67 Å². The molecule has 1 aromatic rings. The second-order valence-corrected chi connectivity index (χ2v) is 8.99. The molecule has 0 atom stereocenters. The molecule has 29 heavy (non-hydrogen) atoms. The SMILES string of the molecule is CN(Cc1ccccc1N1CCCCC1)CN1C(=O)NC2(CCCCCC2)C1=O. The lowest BCUT2D eigenvalue weighted by molar-refractivity contribution is -0.133. The van der Waals surface area contributed by atoms with Gasteiger partial charge in [-0.2, -0.15) is 0 Å². The van der Waals surface area contributed by atoms with Crippen LogP contribution in [0.5, 0.6) is 0 Å². The number of rotatable bonds is 5. The van der Waals surface area contributed by atoms with E-state index < -0.39 is 5.54 Å². The maximum Gasteiger partial charge on any atom is 0.326 e. The van der Waals surface area contributed by atoms with Gasteiger partial charge in [-0.05, 0) is 50.8 Å². The summed E-state index contributed by atoms with van der Waals surface area (Å²) >= 11 is 0. The molecule has 2 heterocycles. The lowest BCUT2D eigenvalue weighted by Crippen LogP contribution is -2.47. The Bertz CT molecular complexity index is 736. The molecular formula is C23H34N4O2. The molecule has 2 aliphatic heterocycles. The van der Waals surface area contributed by atoms with Gasteiger partial charge in [0.15, 0.2) is 0 Å². The first-order valence-corrected chi connectivity index (χ1v) is 11.2. The van der Waals surface area contributed by atoms with Crippen LogP contribution in [0.15, 0.2) is 24.3 Å². The van der Waals surface area contributed by atoms with Crippen molar-refractivity contribution in [2.75, 3.05) is 31.7 Å². The number of carbonyl (C=O) groups is 2. The van der Waals surface area contributed by atoms with Crippen LogP contribution in [-0.4, -0.2) is 54.1 Å². The number of hydrogen-bond donors (Lipinski definition) is 1. The Labute approximate surface area is 174 Å². The summed E-state index contributed by atoms with van der Waals surface area (Å²) in [5.41, 5.74) is 1.89. The van der Waals surface area contributed by atoms with Crippen LogP contribution in [0.4, 0.5) is 10.5 Å². The van der Waals surface area contributed by atoms with Crippen LogP contribution in [0.3, 0.4) is 0 Å². The van der Waals surface area contributed by atoms with Crippen molar-refractivity contribution in [1.82, 2.24) is 15.1 Å². The highest BCUT2D eigenvalue weighted by Gasteiger charge is 2.50. The number of piperidine rings is 1. The van der Waals surface area contributed by atoms with Crippen molar-refractivity contribution >= 4 is 17.6 Å². The zero-order chi connectivity index (χ0) is 20.3. The normalized spacial score (nSPS) is 22.3. The summed E-state index contributed by atoms with van der Waals surface area (Å²) in [5.74, 6) is -0.0273. The maximum absolute atomic E-state index is 13.2. The van der Waals surface area contributed by atoms with E-state index in [4.69, 9.17) is 0 Å². The van der Waals surface area contributed by atoms with E-state index in [1.807, 2.05) is 7.05 Å². The Morgan fingerprint density at radius 1 is 0.966 bits per heavy atom. The van der Waals surface area contributed by atoms with Gasteiger partial charge in [-0.3, -0.25) is 9.69 Å². The Kier molecular flexibility index (Phi) is 6.09. The molecule has 6 heteroatoms. The number of imide groups is 1. The largest absolute Gasteiger partial charge is 0.371 e. The number of nitrogens with one attached hydrogen (secondary N) is 1. The Hall–Kier alpha value is -2.08. The molecule has 1 aromatic carbocycles. The predicted octanol–water partition coefficient (Wildman–Crippen LogP) is 3.71. The van der Waals surface area contributed by atoms with Crippen LogP contribution in [0.2, 0.25) is 0 Å². The molecule has 3 aliphatic rings. The third kappa shape index (κ3) is 4.27. The number of carbonyl (C=O) groups excluding carboxylic acids is 2. The second-order valence-electron chi connectivity index (χ2n) is 8.99. The van der Waals surface area contributed by atoms with Gasteiger partial charge >= 0.3 is 6.03 Å². The number of urea groups is 1. The Balaban J connectivity index is 1.43. The lowest BCUT2D eigenvalue weighted by atomic mass is 9.90.